The van der Waals surface area contributed by atoms with Gasteiger partial charge in [0.05, 0.1) is 11.7 Å². The van der Waals surface area contributed by atoms with Crippen LogP contribution in [0.15, 0.2) is 82.0 Å². The lowest BCUT2D eigenvalue weighted by atomic mass is 10.1. The van der Waals surface area contributed by atoms with Crippen molar-refractivity contribution in [2.75, 3.05) is 0 Å². The summed E-state index contributed by atoms with van der Waals surface area (Å²) in [4.78, 5) is 31.0. The van der Waals surface area contributed by atoms with Gasteiger partial charge in [-0.2, -0.15) is 0 Å². The third-order valence-electron chi connectivity index (χ3n) is 4.19. The van der Waals surface area contributed by atoms with Gasteiger partial charge >= 0.3 is 17.6 Å². The van der Waals surface area contributed by atoms with E-state index >= 15 is 0 Å². The van der Waals surface area contributed by atoms with Crippen LogP contribution in [0.4, 0.5) is 0 Å². The van der Waals surface area contributed by atoms with Crippen LogP contribution in [0.25, 0.3) is 11.0 Å². The van der Waals surface area contributed by atoms with Gasteiger partial charge in [-0.15, -0.1) is 0 Å². The summed E-state index contributed by atoms with van der Waals surface area (Å²) < 4.78 is 4.83. The molecule has 0 saturated heterocycles. The van der Waals surface area contributed by atoms with E-state index in [0.29, 0.717) is 17.6 Å². The van der Waals surface area contributed by atoms with Gasteiger partial charge in [0.25, 0.3) is 0 Å². The second kappa shape index (κ2) is 15.0. The van der Waals surface area contributed by atoms with Gasteiger partial charge in [-0.25, -0.2) is 14.4 Å². The van der Waals surface area contributed by atoms with Crippen LogP contribution in [0.3, 0.4) is 0 Å². The number of carboxylic acids is 2. The number of phenols is 1. The maximum absolute atomic E-state index is 10.7. The lowest BCUT2D eigenvalue weighted by Crippen LogP contribution is -2.02. The van der Waals surface area contributed by atoms with Gasteiger partial charge in [0.1, 0.15) is 11.3 Å². The Kier molecular flexibility index (Phi) is 12.3. The summed E-state index contributed by atoms with van der Waals surface area (Å²) in [6.07, 6.45) is 5.48. The van der Waals surface area contributed by atoms with Crippen molar-refractivity contribution in [3.63, 3.8) is 0 Å². The first kappa shape index (κ1) is 27.1. The van der Waals surface area contributed by atoms with Crippen LogP contribution < -0.4 is 5.63 Å². The van der Waals surface area contributed by atoms with Gasteiger partial charge in [0, 0.05) is 23.6 Å². The second-order valence-corrected chi connectivity index (χ2v) is 6.91. The van der Waals surface area contributed by atoms with E-state index in [4.69, 9.17) is 19.7 Å². The third kappa shape index (κ3) is 11.9. The Labute approximate surface area is 191 Å². The first-order valence-corrected chi connectivity index (χ1v) is 10.3. The fraction of sp³-hybridized carbons (Fsp3) is 0.240. The number of hydrogen-bond acceptors (Lipinski definition) is 6. The molecule has 0 bridgehead atoms. The van der Waals surface area contributed by atoms with E-state index in [9.17, 15) is 19.5 Å². The molecule has 3 aromatic rings. The van der Waals surface area contributed by atoms with Crippen molar-refractivity contribution >= 4 is 22.9 Å². The molecule has 0 amide bonds. The number of aliphatic hydroxyl groups is 1. The van der Waals surface area contributed by atoms with E-state index in [2.05, 4.69) is 6.92 Å². The lowest BCUT2D eigenvalue weighted by molar-refractivity contribution is -0.131. The third-order valence-corrected chi connectivity index (χ3v) is 4.19. The molecule has 0 saturated carbocycles. The summed E-state index contributed by atoms with van der Waals surface area (Å²) in [5, 5.41) is 35.7. The van der Waals surface area contributed by atoms with E-state index in [1.54, 1.807) is 48.5 Å². The van der Waals surface area contributed by atoms with Gasteiger partial charge in [0.2, 0.25) is 0 Å². The van der Waals surface area contributed by atoms with Gasteiger partial charge in [0.15, 0.2) is 0 Å². The molecule has 8 heteroatoms. The Hall–Kier alpha value is -3.91. The van der Waals surface area contributed by atoms with Crippen LogP contribution >= 0.6 is 0 Å². The monoisotopic (exact) mass is 456 g/mol. The SMILES string of the molecule is CCCCCC(O)C=CC(=O)O.O=C(O)c1ccccc1.O=c1ccc2ccc(O)cc2o1. The van der Waals surface area contributed by atoms with Gasteiger partial charge in [-0.3, -0.25) is 0 Å². The second-order valence-electron chi connectivity index (χ2n) is 6.91. The van der Waals surface area contributed by atoms with Crippen molar-refractivity contribution in [1.29, 1.82) is 0 Å². The predicted octanol–water partition coefficient (Wildman–Crippen LogP) is 4.45. The van der Waals surface area contributed by atoms with Crippen molar-refractivity contribution in [3.05, 3.63) is 88.8 Å². The molecule has 3 rings (SSSR count). The van der Waals surface area contributed by atoms with Crippen molar-refractivity contribution in [3.8, 4) is 5.75 Å². The fourth-order valence-corrected chi connectivity index (χ4v) is 2.52. The number of phenolic OH excluding ortho intramolecular Hbond substituents is 1. The number of aromatic hydroxyl groups is 1. The van der Waals surface area contributed by atoms with Crippen LogP contribution in [-0.2, 0) is 4.79 Å². The summed E-state index contributed by atoms with van der Waals surface area (Å²) in [6.45, 7) is 2.08. The molecule has 0 spiro atoms. The van der Waals surface area contributed by atoms with Gasteiger partial charge in [-0.05, 0) is 42.8 Å². The van der Waals surface area contributed by atoms with E-state index in [1.165, 1.54) is 18.2 Å². The van der Waals surface area contributed by atoms with Crippen LogP contribution in [-0.4, -0.2) is 38.5 Å². The van der Waals surface area contributed by atoms with Crippen molar-refractivity contribution in [1.82, 2.24) is 0 Å². The number of hydrogen-bond donors (Lipinski definition) is 4. The van der Waals surface area contributed by atoms with Crippen LogP contribution in [0.2, 0.25) is 0 Å². The van der Waals surface area contributed by atoms with E-state index < -0.39 is 23.7 Å². The highest BCUT2D eigenvalue weighted by atomic mass is 16.4. The molecule has 0 aliphatic carbocycles. The number of unbranched alkanes of at least 4 members (excludes halogenated alkanes) is 2. The largest absolute Gasteiger partial charge is 0.508 e. The Balaban J connectivity index is 0.000000250. The average molecular weight is 456 g/mol. The number of fused-ring (bicyclic) bond motifs is 1. The number of aliphatic hydroxyl groups excluding tert-OH is 1. The molecule has 0 aliphatic rings. The Morgan fingerprint density at radius 1 is 1.00 bits per heavy atom. The molecule has 0 aliphatic heterocycles. The zero-order valence-electron chi connectivity index (χ0n) is 18.3. The maximum atomic E-state index is 10.7. The van der Waals surface area contributed by atoms with Crippen LogP contribution in [0.5, 0.6) is 5.75 Å². The fourth-order valence-electron chi connectivity index (χ4n) is 2.52. The zero-order chi connectivity index (χ0) is 24.6. The molecule has 1 heterocycles. The van der Waals surface area contributed by atoms with E-state index in [1.807, 2.05) is 0 Å². The molecular formula is C25H28O8. The minimum Gasteiger partial charge on any atom is -0.508 e. The van der Waals surface area contributed by atoms with E-state index in [-0.39, 0.29) is 5.75 Å². The Morgan fingerprint density at radius 3 is 2.24 bits per heavy atom. The molecule has 0 radical (unpaired) electrons. The molecule has 176 valence electrons. The summed E-state index contributed by atoms with van der Waals surface area (Å²) in [5.41, 5.74) is 0.327. The molecule has 33 heavy (non-hydrogen) atoms. The predicted molar refractivity (Wildman–Crippen MR) is 124 cm³/mol. The number of carbonyl (C=O) groups is 2. The average Bonchev–Trinajstić information content (AvgIpc) is 2.79. The van der Waals surface area contributed by atoms with Gasteiger partial charge < -0.3 is 24.8 Å². The molecule has 0 fully saturated rings. The molecule has 2 aromatic carbocycles. The maximum Gasteiger partial charge on any atom is 0.336 e. The summed E-state index contributed by atoms with van der Waals surface area (Å²) in [5.74, 6) is -1.79. The first-order chi connectivity index (χ1) is 15.7. The topological polar surface area (TPSA) is 145 Å². The first-order valence-electron chi connectivity index (χ1n) is 10.3. The minimum absolute atomic E-state index is 0.0943. The van der Waals surface area contributed by atoms with Crippen molar-refractivity contribution in [2.45, 2.75) is 38.7 Å². The molecule has 8 nitrogen and oxygen atoms in total. The normalized spacial score (nSPS) is 11.1. The van der Waals surface area contributed by atoms with Crippen LogP contribution in [0.1, 0.15) is 43.0 Å². The van der Waals surface area contributed by atoms with E-state index in [0.717, 1.165) is 30.7 Å². The lowest BCUT2D eigenvalue weighted by Gasteiger charge is -2.02. The molecule has 1 aromatic heterocycles. The Bertz CT molecular complexity index is 1090. The quantitative estimate of drug-likeness (QED) is 0.232. The zero-order valence-corrected chi connectivity index (χ0v) is 18.3. The molecule has 4 N–H and O–H groups in total. The Morgan fingerprint density at radius 2 is 1.67 bits per heavy atom. The number of aliphatic carboxylic acids is 1. The van der Waals surface area contributed by atoms with Crippen molar-refractivity contribution < 1.29 is 34.4 Å². The highest BCUT2D eigenvalue weighted by molar-refractivity contribution is 5.87. The molecule has 1 unspecified atom stereocenters. The highest BCUT2D eigenvalue weighted by Gasteiger charge is 1.99. The summed E-state index contributed by atoms with van der Waals surface area (Å²) in [6, 6.07) is 15.9. The number of carboxylic acid groups (broad SMARTS) is 2. The van der Waals surface area contributed by atoms with Crippen LogP contribution in [0, 0.1) is 0 Å². The van der Waals surface area contributed by atoms with Crippen molar-refractivity contribution in [2.24, 2.45) is 0 Å². The number of aromatic carboxylic acids is 1. The smallest absolute Gasteiger partial charge is 0.336 e. The standard InChI is InChI=1S/C9H6O3.C9H16O3.C7H6O2/c10-7-3-1-6-2-4-9(11)12-8(6)5-7;1-2-3-4-5-8(10)6-7-9(11)12;8-7(9)6-4-2-1-3-5-6/h1-5,10H;6-8,10H,2-5H2,1H3,(H,11,12);1-5H,(H,8,9). The summed E-state index contributed by atoms with van der Waals surface area (Å²) in [7, 11) is 0. The number of rotatable bonds is 7. The highest BCUT2D eigenvalue weighted by Crippen LogP contribution is 2.17. The minimum atomic E-state index is -1.01. The summed E-state index contributed by atoms with van der Waals surface area (Å²) >= 11 is 0. The number of benzene rings is 2. The molecular weight excluding hydrogens is 428 g/mol. The van der Waals surface area contributed by atoms with Gasteiger partial charge in [-0.1, -0.05) is 44.4 Å². The molecule has 1 atom stereocenters.